The van der Waals surface area contributed by atoms with Crippen LogP contribution in [0.5, 0.6) is 0 Å². The van der Waals surface area contributed by atoms with E-state index in [1.807, 2.05) is 0 Å². The lowest BCUT2D eigenvalue weighted by atomic mass is 9.83. The van der Waals surface area contributed by atoms with Gasteiger partial charge in [-0.05, 0) is 56.8 Å². The van der Waals surface area contributed by atoms with Gasteiger partial charge in [0.1, 0.15) is 0 Å². The second kappa shape index (κ2) is 4.55. The molecular formula is C15H27NO. The van der Waals surface area contributed by atoms with E-state index in [0.717, 1.165) is 37.1 Å². The number of rotatable bonds is 4. The summed E-state index contributed by atoms with van der Waals surface area (Å²) in [5.74, 6) is 2.91. The van der Waals surface area contributed by atoms with E-state index in [1.165, 1.54) is 38.5 Å². The average molecular weight is 237 g/mol. The summed E-state index contributed by atoms with van der Waals surface area (Å²) in [5, 5.41) is 14.0. The average Bonchev–Trinajstić information content (AvgIpc) is 3.02. The molecule has 3 fully saturated rings. The molecule has 98 valence electrons. The maximum atomic E-state index is 10.4. The van der Waals surface area contributed by atoms with Crippen molar-refractivity contribution in [1.29, 1.82) is 0 Å². The summed E-state index contributed by atoms with van der Waals surface area (Å²) in [6.07, 6.45) is 10.3. The quantitative estimate of drug-likeness (QED) is 0.788. The number of hydrogen-bond donors (Lipinski definition) is 2. The molecule has 2 N–H and O–H groups in total. The van der Waals surface area contributed by atoms with Gasteiger partial charge in [0.05, 0.1) is 5.60 Å². The third-order valence-corrected chi connectivity index (χ3v) is 5.72. The Labute approximate surface area is 105 Å². The van der Waals surface area contributed by atoms with Crippen LogP contribution in [0.15, 0.2) is 0 Å². The number of fused-ring (bicyclic) bond motifs is 2. The van der Waals surface area contributed by atoms with Crippen molar-refractivity contribution >= 4 is 0 Å². The zero-order chi connectivity index (χ0) is 11.9. The monoisotopic (exact) mass is 237 g/mol. The lowest BCUT2D eigenvalue weighted by Crippen LogP contribution is -2.45. The van der Waals surface area contributed by atoms with Crippen molar-refractivity contribution in [3.63, 3.8) is 0 Å². The molecule has 2 nitrogen and oxygen atoms in total. The van der Waals surface area contributed by atoms with E-state index < -0.39 is 0 Å². The van der Waals surface area contributed by atoms with E-state index in [1.54, 1.807) is 0 Å². The van der Waals surface area contributed by atoms with Crippen LogP contribution < -0.4 is 5.32 Å². The van der Waals surface area contributed by atoms with E-state index in [0.29, 0.717) is 6.04 Å². The standard InChI is InChI=1S/C15H27NO/c1-11(14-9-12-4-5-13(14)8-12)16-10-15(17)6-2-3-7-15/h11-14,16-17H,2-10H2,1H3. The third-order valence-electron chi connectivity index (χ3n) is 5.72. The molecule has 4 atom stereocenters. The minimum atomic E-state index is -0.383. The summed E-state index contributed by atoms with van der Waals surface area (Å²) in [6, 6.07) is 0.606. The molecule has 4 unspecified atom stereocenters. The number of nitrogens with one attached hydrogen (secondary N) is 1. The fourth-order valence-corrected chi connectivity index (χ4v) is 4.62. The first-order chi connectivity index (χ1) is 8.16. The molecule has 0 radical (unpaired) electrons. The molecule has 0 heterocycles. The SMILES string of the molecule is CC(NCC1(O)CCCC1)C1CC2CCC1C2. The Balaban J connectivity index is 1.48. The van der Waals surface area contributed by atoms with Crippen molar-refractivity contribution in [2.75, 3.05) is 6.54 Å². The van der Waals surface area contributed by atoms with Gasteiger partial charge in [0.25, 0.3) is 0 Å². The van der Waals surface area contributed by atoms with Gasteiger partial charge in [-0.3, -0.25) is 0 Å². The second-order valence-corrected chi connectivity index (χ2v) is 6.94. The summed E-state index contributed by atoms with van der Waals surface area (Å²) >= 11 is 0. The van der Waals surface area contributed by atoms with E-state index in [2.05, 4.69) is 12.2 Å². The zero-order valence-corrected chi connectivity index (χ0v) is 11.1. The van der Waals surface area contributed by atoms with Crippen LogP contribution in [0.4, 0.5) is 0 Å². The second-order valence-electron chi connectivity index (χ2n) is 6.94. The van der Waals surface area contributed by atoms with E-state index in [9.17, 15) is 5.11 Å². The van der Waals surface area contributed by atoms with Crippen molar-refractivity contribution in [3.8, 4) is 0 Å². The van der Waals surface area contributed by atoms with E-state index in [4.69, 9.17) is 0 Å². The minimum Gasteiger partial charge on any atom is -0.389 e. The van der Waals surface area contributed by atoms with E-state index >= 15 is 0 Å². The van der Waals surface area contributed by atoms with Gasteiger partial charge in [-0.25, -0.2) is 0 Å². The summed E-state index contributed by atoms with van der Waals surface area (Å²) in [7, 11) is 0. The normalized spacial score (nSPS) is 40.9. The Morgan fingerprint density at radius 3 is 2.59 bits per heavy atom. The van der Waals surface area contributed by atoms with Crippen LogP contribution in [0.2, 0.25) is 0 Å². The molecule has 17 heavy (non-hydrogen) atoms. The van der Waals surface area contributed by atoms with Gasteiger partial charge in [-0.2, -0.15) is 0 Å². The summed E-state index contributed by atoms with van der Waals surface area (Å²) < 4.78 is 0. The van der Waals surface area contributed by atoms with Gasteiger partial charge in [0.2, 0.25) is 0 Å². The predicted molar refractivity (Wildman–Crippen MR) is 69.8 cm³/mol. The lowest BCUT2D eigenvalue weighted by molar-refractivity contribution is 0.0418. The highest BCUT2D eigenvalue weighted by atomic mass is 16.3. The van der Waals surface area contributed by atoms with Crippen LogP contribution >= 0.6 is 0 Å². The van der Waals surface area contributed by atoms with Gasteiger partial charge in [-0.15, -0.1) is 0 Å². The maximum absolute atomic E-state index is 10.4. The highest BCUT2D eigenvalue weighted by Crippen LogP contribution is 2.49. The van der Waals surface area contributed by atoms with Crippen LogP contribution in [0.1, 0.15) is 58.3 Å². The van der Waals surface area contributed by atoms with Gasteiger partial charge in [-0.1, -0.05) is 19.3 Å². The Bertz CT molecular complexity index is 272. The number of hydrogen-bond acceptors (Lipinski definition) is 2. The molecule has 3 rings (SSSR count). The first kappa shape index (κ1) is 12.0. The molecule has 2 bridgehead atoms. The minimum absolute atomic E-state index is 0.383. The van der Waals surface area contributed by atoms with Crippen molar-refractivity contribution in [2.45, 2.75) is 69.9 Å². The third kappa shape index (κ3) is 2.39. The first-order valence-corrected chi connectivity index (χ1v) is 7.62. The fraction of sp³-hybridized carbons (Fsp3) is 1.00. The molecular weight excluding hydrogens is 210 g/mol. The molecule has 0 aromatic carbocycles. The van der Waals surface area contributed by atoms with E-state index in [-0.39, 0.29) is 5.60 Å². The molecule has 0 amide bonds. The Morgan fingerprint density at radius 2 is 2.00 bits per heavy atom. The molecule has 0 aliphatic heterocycles. The van der Waals surface area contributed by atoms with Crippen LogP contribution in [-0.4, -0.2) is 23.3 Å². The molecule has 0 aromatic rings. The summed E-state index contributed by atoms with van der Waals surface area (Å²) in [4.78, 5) is 0. The van der Waals surface area contributed by atoms with Gasteiger partial charge < -0.3 is 10.4 Å². The van der Waals surface area contributed by atoms with Gasteiger partial charge in [0.15, 0.2) is 0 Å². The first-order valence-electron chi connectivity index (χ1n) is 7.62. The number of aliphatic hydroxyl groups is 1. The van der Waals surface area contributed by atoms with Crippen molar-refractivity contribution < 1.29 is 5.11 Å². The smallest absolute Gasteiger partial charge is 0.0771 e. The van der Waals surface area contributed by atoms with Crippen LogP contribution in [-0.2, 0) is 0 Å². The molecule has 0 saturated heterocycles. The molecule has 3 saturated carbocycles. The summed E-state index contributed by atoms with van der Waals surface area (Å²) in [5.41, 5.74) is -0.383. The largest absolute Gasteiger partial charge is 0.389 e. The molecule has 3 aliphatic carbocycles. The van der Waals surface area contributed by atoms with Crippen molar-refractivity contribution in [3.05, 3.63) is 0 Å². The zero-order valence-electron chi connectivity index (χ0n) is 11.1. The highest BCUT2D eigenvalue weighted by molar-refractivity contribution is 4.95. The van der Waals surface area contributed by atoms with Gasteiger partial charge in [0, 0.05) is 12.6 Å². The lowest BCUT2D eigenvalue weighted by Gasteiger charge is -2.31. The van der Waals surface area contributed by atoms with Crippen LogP contribution in [0, 0.1) is 17.8 Å². The summed E-state index contributed by atoms with van der Waals surface area (Å²) in [6.45, 7) is 3.16. The van der Waals surface area contributed by atoms with Crippen LogP contribution in [0.25, 0.3) is 0 Å². The highest BCUT2D eigenvalue weighted by Gasteiger charge is 2.42. The Hall–Kier alpha value is -0.0800. The Kier molecular flexibility index (Phi) is 3.20. The predicted octanol–water partition coefficient (Wildman–Crippen LogP) is 2.71. The molecule has 3 aliphatic rings. The van der Waals surface area contributed by atoms with Crippen LogP contribution in [0.3, 0.4) is 0 Å². The fourth-order valence-electron chi connectivity index (χ4n) is 4.62. The maximum Gasteiger partial charge on any atom is 0.0771 e. The van der Waals surface area contributed by atoms with Crippen molar-refractivity contribution in [1.82, 2.24) is 5.32 Å². The molecule has 0 aromatic heterocycles. The van der Waals surface area contributed by atoms with Gasteiger partial charge >= 0.3 is 0 Å². The Morgan fingerprint density at radius 1 is 1.24 bits per heavy atom. The molecule has 0 spiro atoms. The molecule has 2 heteroatoms. The van der Waals surface area contributed by atoms with Crippen molar-refractivity contribution in [2.24, 2.45) is 17.8 Å². The topological polar surface area (TPSA) is 32.3 Å².